The first-order chi connectivity index (χ1) is 8.95. The van der Waals surface area contributed by atoms with Crippen molar-refractivity contribution in [1.82, 2.24) is 4.98 Å². The fraction of sp³-hybridized carbons (Fsp3) is 0.143. The molecule has 0 fully saturated rings. The molecule has 1 heterocycles. The number of nitrogens with two attached hydrogens (primary N) is 2. The van der Waals surface area contributed by atoms with E-state index in [4.69, 9.17) is 11.5 Å². The van der Waals surface area contributed by atoms with Crippen LogP contribution in [0.4, 0.5) is 17.2 Å². The Labute approximate surface area is 111 Å². The number of amides is 1. The van der Waals surface area contributed by atoms with Gasteiger partial charge in [0.15, 0.2) is 5.82 Å². The van der Waals surface area contributed by atoms with Gasteiger partial charge in [-0.2, -0.15) is 0 Å². The van der Waals surface area contributed by atoms with Crippen molar-refractivity contribution < 1.29 is 4.79 Å². The molecule has 0 saturated heterocycles. The summed E-state index contributed by atoms with van der Waals surface area (Å²) >= 11 is 0. The summed E-state index contributed by atoms with van der Waals surface area (Å²) in [5.41, 5.74) is 14.8. The van der Waals surface area contributed by atoms with E-state index in [-0.39, 0.29) is 5.69 Å². The number of aromatic nitrogens is 1. The second-order valence-corrected chi connectivity index (χ2v) is 4.50. The number of hydrogen-bond acceptors (Lipinski definition) is 4. The van der Waals surface area contributed by atoms with Crippen molar-refractivity contribution in [2.45, 2.75) is 13.8 Å². The van der Waals surface area contributed by atoms with E-state index in [0.717, 1.165) is 16.8 Å². The van der Waals surface area contributed by atoms with Gasteiger partial charge in [0.25, 0.3) is 5.91 Å². The quantitative estimate of drug-likeness (QED) is 0.784. The Morgan fingerprint density at radius 1 is 1.16 bits per heavy atom. The smallest absolute Gasteiger partial charge is 0.267 e. The molecule has 0 unspecified atom stereocenters. The molecule has 1 amide bonds. The van der Waals surface area contributed by atoms with Gasteiger partial charge in [-0.05, 0) is 49.2 Å². The molecular formula is C14H16N4O. The second kappa shape index (κ2) is 4.97. The van der Waals surface area contributed by atoms with E-state index in [1.165, 1.54) is 6.07 Å². The molecular weight excluding hydrogens is 240 g/mol. The molecule has 0 bridgehead atoms. The standard InChI is InChI=1S/C14H16N4O/c1-8-5-9(2)7-10(6-8)17-14-11(15)3-4-12(18-14)13(16)19/h3-7H,15H2,1-2H3,(H2,16,19)(H,17,18). The summed E-state index contributed by atoms with van der Waals surface area (Å²) in [5.74, 6) is -0.148. The van der Waals surface area contributed by atoms with Gasteiger partial charge in [-0.15, -0.1) is 0 Å². The van der Waals surface area contributed by atoms with E-state index in [0.29, 0.717) is 11.5 Å². The molecule has 5 nitrogen and oxygen atoms in total. The molecule has 0 atom stereocenters. The topological polar surface area (TPSA) is 94.0 Å². The maximum atomic E-state index is 11.1. The SMILES string of the molecule is Cc1cc(C)cc(Nc2nc(C(N)=O)ccc2N)c1. The summed E-state index contributed by atoms with van der Waals surface area (Å²) in [6.45, 7) is 4.02. The molecule has 0 saturated carbocycles. The molecule has 0 aliphatic heterocycles. The third-order valence-corrected chi connectivity index (χ3v) is 2.66. The number of aryl methyl sites for hydroxylation is 2. The Bertz CT molecular complexity index is 617. The van der Waals surface area contributed by atoms with E-state index in [1.54, 1.807) is 6.07 Å². The zero-order valence-electron chi connectivity index (χ0n) is 10.9. The van der Waals surface area contributed by atoms with Crippen LogP contribution in [-0.4, -0.2) is 10.9 Å². The normalized spacial score (nSPS) is 10.2. The minimum absolute atomic E-state index is 0.182. The van der Waals surface area contributed by atoms with Crippen LogP contribution >= 0.6 is 0 Å². The number of nitrogens with one attached hydrogen (secondary N) is 1. The van der Waals surface area contributed by atoms with Crippen molar-refractivity contribution in [2.75, 3.05) is 11.1 Å². The molecule has 5 N–H and O–H groups in total. The van der Waals surface area contributed by atoms with Crippen LogP contribution in [0.5, 0.6) is 0 Å². The summed E-state index contributed by atoms with van der Waals surface area (Å²) in [5, 5.41) is 3.11. The number of anilines is 3. The van der Waals surface area contributed by atoms with Crippen molar-refractivity contribution in [3.8, 4) is 0 Å². The number of pyridine rings is 1. The van der Waals surface area contributed by atoms with Crippen LogP contribution < -0.4 is 16.8 Å². The van der Waals surface area contributed by atoms with Crippen molar-refractivity contribution in [2.24, 2.45) is 5.73 Å². The first-order valence-electron chi connectivity index (χ1n) is 5.87. The highest BCUT2D eigenvalue weighted by Crippen LogP contribution is 2.22. The average Bonchev–Trinajstić information content (AvgIpc) is 2.30. The van der Waals surface area contributed by atoms with E-state index in [9.17, 15) is 4.79 Å². The Kier molecular flexibility index (Phi) is 3.37. The predicted molar refractivity (Wildman–Crippen MR) is 76.4 cm³/mol. The first kappa shape index (κ1) is 12.9. The predicted octanol–water partition coefficient (Wildman–Crippen LogP) is 2.12. The molecule has 2 aromatic rings. The number of hydrogen-bond donors (Lipinski definition) is 3. The zero-order valence-corrected chi connectivity index (χ0v) is 10.9. The Morgan fingerprint density at radius 2 is 1.79 bits per heavy atom. The average molecular weight is 256 g/mol. The van der Waals surface area contributed by atoms with Gasteiger partial charge < -0.3 is 16.8 Å². The van der Waals surface area contributed by atoms with Gasteiger partial charge in [0.2, 0.25) is 0 Å². The highest BCUT2D eigenvalue weighted by molar-refractivity contribution is 5.92. The number of benzene rings is 1. The van der Waals surface area contributed by atoms with E-state index < -0.39 is 5.91 Å². The molecule has 1 aromatic carbocycles. The minimum Gasteiger partial charge on any atom is -0.396 e. The Balaban J connectivity index is 2.37. The number of rotatable bonds is 3. The number of primary amides is 1. The van der Waals surface area contributed by atoms with Crippen LogP contribution in [0, 0.1) is 13.8 Å². The molecule has 2 rings (SSSR count). The molecule has 0 radical (unpaired) electrons. The lowest BCUT2D eigenvalue weighted by Crippen LogP contribution is -2.14. The maximum Gasteiger partial charge on any atom is 0.267 e. The van der Waals surface area contributed by atoms with Gasteiger partial charge in [-0.1, -0.05) is 6.07 Å². The van der Waals surface area contributed by atoms with Gasteiger partial charge in [0.1, 0.15) is 5.69 Å². The second-order valence-electron chi connectivity index (χ2n) is 4.50. The lowest BCUT2D eigenvalue weighted by atomic mass is 10.1. The van der Waals surface area contributed by atoms with Crippen LogP contribution in [0.3, 0.4) is 0 Å². The monoisotopic (exact) mass is 256 g/mol. The van der Waals surface area contributed by atoms with E-state index in [2.05, 4.69) is 16.4 Å². The highest BCUT2D eigenvalue weighted by atomic mass is 16.1. The fourth-order valence-electron chi connectivity index (χ4n) is 1.89. The first-order valence-corrected chi connectivity index (χ1v) is 5.87. The van der Waals surface area contributed by atoms with E-state index >= 15 is 0 Å². The number of carbonyl (C=O) groups is 1. The largest absolute Gasteiger partial charge is 0.396 e. The van der Waals surface area contributed by atoms with Crippen LogP contribution in [0.25, 0.3) is 0 Å². The molecule has 0 aliphatic rings. The molecule has 5 heteroatoms. The summed E-state index contributed by atoms with van der Waals surface area (Å²) in [4.78, 5) is 15.2. The van der Waals surface area contributed by atoms with Crippen LogP contribution in [0.2, 0.25) is 0 Å². The van der Waals surface area contributed by atoms with Crippen molar-refractivity contribution >= 4 is 23.1 Å². The van der Waals surface area contributed by atoms with Crippen molar-refractivity contribution in [3.05, 3.63) is 47.2 Å². The highest BCUT2D eigenvalue weighted by Gasteiger charge is 2.07. The van der Waals surface area contributed by atoms with Gasteiger partial charge >= 0.3 is 0 Å². The fourth-order valence-corrected chi connectivity index (χ4v) is 1.89. The van der Waals surface area contributed by atoms with Gasteiger partial charge in [0.05, 0.1) is 5.69 Å². The number of nitrogen functional groups attached to an aromatic ring is 1. The third-order valence-electron chi connectivity index (χ3n) is 2.66. The summed E-state index contributed by atoms with van der Waals surface area (Å²) in [7, 11) is 0. The Hall–Kier alpha value is -2.56. The van der Waals surface area contributed by atoms with Crippen molar-refractivity contribution in [1.29, 1.82) is 0 Å². The lowest BCUT2D eigenvalue weighted by Gasteiger charge is -2.10. The summed E-state index contributed by atoms with van der Waals surface area (Å²) in [6, 6.07) is 9.14. The van der Waals surface area contributed by atoms with Crippen LogP contribution in [0.1, 0.15) is 21.6 Å². The third kappa shape index (κ3) is 3.01. The van der Waals surface area contributed by atoms with Crippen molar-refractivity contribution in [3.63, 3.8) is 0 Å². The van der Waals surface area contributed by atoms with Crippen LogP contribution in [-0.2, 0) is 0 Å². The maximum absolute atomic E-state index is 11.1. The summed E-state index contributed by atoms with van der Waals surface area (Å²) in [6.07, 6.45) is 0. The Morgan fingerprint density at radius 3 is 2.37 bits per heavy atom. The van der Waals surface area contributed by atoms with Gasteiger partial charge in [-0.3, -0.25) is 4.79 Å². The zero-order chi connectivity index (χ0) is 14.0. The minimum atomic E-state index is -0.580. The summed E-state index contributed by atoms with van der Waals surface area (Å²) < 4.78 is 0. The lowest BCUT2D eigenvalue weighted by molar-refractivity contribution is 0.0996. The number of nitrogens with zero attached hydrogens (tertiary/aromatic N) is 1. The number of carbonyl (C=O) groups excluding carboxylic acids is 1. The molecule has 1 aromatic heterocycles. The van der Waals surface area contributed by atoms with Gasteiger partial charge in [0, 0.05) is 5.69 Å². The molecule has 19 heavy (non-hydrogen) atoms. The molecule has 0 aliphatic carbocycles. The molecule has 0 spiro atoms. The van der Waals surface area contributed by atoms with Gasteiger partial charge in [-0.25, -0.2) is 4.98 Å². The molecule has 98 valence electrons. The van der Waals surface area contributed by atoms with E-state index in [1.807, 2.05) is 26.0 Å². The van der Waals surface area contributed by atoms with Crippen LogP contribution in [0.15, 0.2) is 30.3 Å².